The van der Waals surface area contributed by atoms with E-state index in [2.05, 4.69) is 10.2 Å². The summed E-state index contributed by atoms with van der Waals surface area (Å²) < 4.78 is 0. The first kappa shape index (κ1) is 11.2. The highest BCUT2D eigenvalue weighted by Crippen LogP contribution is 2.40. The smallest absolute Gasteiger partial charge is 0.266 e. The molecule has 0 radical (unpaired) electrons. The highest BCUT2D eigenvalue weighted by Gasteiger charge is 2.41. The lowest BCUT2D eigenvalue weighted by molar-refractivity contribution is 0.0709. The molecule has 1 amide bonds. The summed E-state index contributed by atoms with van der Waals surface area (Å²) >= 11 is 1.36. The number of hydrogen-bond donors (Lipinski definition) is 1. The summed E-state index contributed by atoms with van der Waals surface area (Å²) in [5.74, 6) is 0.775. The van der Waals surface area contributed by atoms with Crippen molar-refractivity contribution in [3.8, 4) is 0 Å². The molecule has 2 aromatic rings. The summed E-state index contributed by atoms with van der Waals surface area (Å²) in [6.45, 7) is 0.892. The van der Waals surface area contributed by atoms with Crippen molar-refractivity contribution in [1.29, 1.82) is 0 Å². The van der Waals surface area contributed by atoms with E-state index in [1.807, 2.05) is 11.0 Å². The van der Waals surface area contributed by atoms with E-state index in [4.69, 9.17) is 5.73 Å². The highest BCUT2D eigenvalue weighted by molar-refractivity contribution is 7.21. The van der Waals surface area contributed by atoms with Gasteiger partial charge in [-0.05, 0) is 31.2 Å². The maximum Gasteiger partial charge on any atom is 0.266 e. The molecule has 2 atom stereocenters. The van der Waals surface area contributed by atoms with Gasteiger partial charge in [-0.1, -0.05) is 0 Å². The Labute approximate surface area is 114 Å². The van der Waals surface area contributed by atoms with Gasteiger partial charge in [-0.2, -0.15) is 5.10 Å². The van der Waals surface area contributed by atoms with E-state index in [1.165, 1.54) is 17.8 Å². The quantitative estimate of drug-likeness (QED) is 0.862. The van der Waals surface area contributed by atoms with E-state index in [0.29, 0.717) is 22.5 Å². The van der Waals surface area contributed by atoms with Gasteiger partial charge in [0.05, 0.1) is 11.9 Å². The molecule has 4 rings (SSSR count). The number of nitrogens with zero attached hydrogens (tertiary/aromatic N) is 3. The van der Waals surface area contributed by atoms with Gasteiger partial charge in [0, 0.05) is 18.0 Å². The molecule has 0 spiro atoms. The Bertz CT molecular complexity index is 668. The van der Waals surface area contributed by atoms with Crippen molar-refractivity contribution >= 4 is 33.1 Å². The van der Waals surface area contributed by atoms with Crippen molar-refractivity contribution in [3.63, 3.8) is 0 Å². The minimum Gasteiger partial charge on any atom is -0.397 e. The maximum atomic E-state index is 12.6. The van der Waals surface area contributed by atoms with Gasteiger partial charge in [0.15, 0.2) is 0 Å². The molecule has 1 saturated heterocycles. The van der Waals surface area contributed by atoms with Crippen LogP contribution in [0.4, 0.5) is 5.69 Å². The number of carbonyl (C=O) groups is 1. The van der Waals surface area contributed by atoms with Crippen LogP contribution in [0.2, 0.25) is 0 Å². The van der Waals surface area contributed by atoms with E-state index in [9.17, 15) is 4.79 Å². The van der Waals surface area contributed by atoms with Crippen LogP contribution in [0, 0.1) is 5.92 Å². The van der Waals surface area contributed by atoms with E-state index >= 15 is 0 Å². The minimum atomic E-state index is 0.0766. The molecule has 2 fully saturated rings. The fraction of sp³-hybridized carbons (Fsp3) is 0.462. The largest absolute Gasteiger partial charge is 0.397 e. The van der Waals surface area contributed by atoms with Gasteiger partial charge in [0.25, 0.3) is 5.91 Å². The number of nitrogens with two attached hydrogens (primary N) is 1. The van der Waals surface area contributed by atoms with Crippen LogP contribution in [0.1, 0.15) is 28.9 Å². The SMILES string of the molecule is Nc1c(C(=O)N2CC3CCC2C3)sc2nnccc12. The zero-order chi connectivity index (χ0) is 13.0. The third-order valence-corrected chi connectivity index (χ3v) is 5.38. The molecule has 2 bridgehead atoms. The number of piperidine rings is 1. The summed E-state index contributed by atoms with van der Waals surface area (Å²) in [7, 11) is 0. The molecule has 2 N–H and O–H groups in total. The Kier molecular flexibility index (Phi) is 2.29. The summed E-state index contributed by atoms with van der Waals surface area (Å²) in [5, 5.41) is 8.72. The number of nitrogen functional groups attached to an aromatic ring is 1. The molecule has 19 heavy (non-hydrogen) atoms. The van der Waals surface area contributed by atoms with Crippen LogP contribution in [0.3, 0.4) is 0 Å². The molecule has 98 valence electrons. The summed E-state index contributed by atoms with van der Waals surface area (Å²) in [4.78, 5) is 16.0. The number of anilines is 1. The van der Waals surface area contributed by atoms with E-state index < -0.39 is 0 Å². The Morgan fingerprint density at radius 3 is 3.05 bits per heavy atom. The molecule has 0 aromatic carbocycles. The van der Waals surface area contributed by atoms with Crippen LogP contribution in [0.25, 0.3) is 10.2 Å². The van der Waals surface area contributed by atoms with Crippen LogP contribution in [0.5, 0.6) is 0 Å². The van der Waals surface area contributed by atoms with Crippen LogP contribution < -0.4 is 5.73 Å². The van der Waals surface area contributed by atoms with Gasteiger partial charge in [-0.3, -0.25) is 4.79 Å². The highest BCUT2D eigenvalue weighted by atomic mass is 32.1. The Morgan fingerprint density at radius 1 is 1.47 bits per heavy atom. The summed E-state index contributed by atoms with van der Waals surface area (Å²) in [6.07, 6.45) is 5.18. The normalized spacial score (nSPS) is 25.4. The second-order valence-corrected chi connectivity index (χ2v) is 6.38. The van der Waals surface area contributed by atoms with E-state index in [-0.39, 0.29) is 5.91 Å². The average Bonchev–Trinajstić information content (AvgIpc) is 3.13. The molecule has 2 aromatic heterocycles. The molecule has 2 unspecified atom stereocenters. The van der Waals surface area contributed by atoms with Crippen molar-refractivity contribution in [2.24, 2.45) is 5.92 Å². The number of amides is 1. The molecule has 2 aliphatic rings. The summed E-state index contributed by atoms with van der Waals surface area (Å²) in [6, 6.07) is 2.24. The van der Waals surface area contributed by atoms with Gasteiger partial charge in [0.2, 0.25) is 0 Å². The first-order valence-electron chi connectivity index (χ1n) is 6.54. The lowest BCUT2D eigenvalue weighted by Crippen LogP contribution is -2.37. The van der Waals surface area contributed by atoms with Crippen molar-refractivity contribution < 1.29 is 4.79 Å². The van der Waals surface area contributed by atoms with E-state index in [0.717, 1.165) is 29.6 Å². The third kappa shape index (κ3) is 1.56. The van der Waals surface area contributed by atoms with Crippen LogP contribution in [-0.4, -0.2) is 33.6 Å². The lowest BCUT2D eigenvalue weighted by atomic mass is 10.1. The number of likely N-dealkylation sites (tertiary alicyclic amines) is 1. The number of rotatable bonds is 1. The van der Waals surface area contributed by atoms with Gasteiger partial charge >= 0.3 is 0 Å². The first-order valence-corrected chi connectivity index (χ1v) is 7.36. The van der Waals surface area contributed by atoms with Crippen molar-refractivity contribution in [1.82, 2.24) is 15.1 Å². The lowest BCUT2D eigenvalue weighted by Gasteiger charge is -2.26. The number of hydrogen-bond acceptors (Lipinski definition) is 5. The standard InChI is InChI=1S/C13H14N4OS/c14-10-9-3-4-15-16-12(9)19-11(10)13(18)17-6-7-1-2-8(17)5-7/h3-4,7-8H,1-2,5-6,14H2. The van der Waals surface area contributed by atoms with Gasteiger partial charge in [0.1, 0.15) is 9.71 Å². The number of aromatic nitrogens is 2. The van der Waals surface area contributed by atoms with Gasteiger partial charge in [-0.15, -0.1) is 16.4 Å². The van der Waals surface area contributed by atoms with Crippen molar-refractivity contribution in [2.45, 2.75) is 25.3 Å². The molecule has 6 heteroatoms. The van der Waals surface area contributed by atoms with Crippen molar-refractivity contribution in [3.05, 3.63) is 17.1 Å². The third-order valence-electron chi connectivity index (χ3n) is 4.28. The van der Waals surface area contributed by atoms with E-state index in [1.54, 1.807) is 6.20 Å². The Balaban J connectivity index is 1.74. The second kappa shape index (κ2) is 3.90. The molecular formula is C13H14N4OS. The molecule has 5 nitrogen and oxygen atoms in total. The topological polar surface area (TPSA) is 72.1 Å². The number of carbonyl (C=O) groups excluding carboxylic acids is 1. The second-order valence-electron chi connectivity index (χ2n) is 5.39. The fourth-order valence-electron chi connectivity index (χ4n) is 3.34. The predicted octanol–water partition coefficient (Wildman–Crippen LogP) is 1.90. The molecular weight excluding hydrogens is 260 g/mol. The maximum absolute atomic E-state index is 12.6. The number of fused-ring (bicyclic) bond motifs is 3. The zero-order valence-corrected chi connectivity index (χ0v) is 11.2. The minimum absolute atomic E-state index is 0.0766. The Hall–Kier alpha value is -1.69. The average molecular weight is 274 g/mol. The Morgan fingerprint density at radius 2 is 2.37 bits per heavy atom. The molecule has 1 aliphatic carbocycles. The van der Waals surface area contributed by atoms with Crippen LogP contribution in [0.15, 0.2) is 12.3 Å². The monoisotopic (exact) mass is 274 g/mol. The van der Waals surface area contributed by atoms with Gasteiger partial charge < -0.3 is 10.6 Å². The number of thiophene rings is 1. The predicted molar refractivity (Wildman–Crippen MR) is 74.0 cm³/mol. The first-order chi connectivity index (χ1) is 9.24. The van der Waals surface area contributed by atoms with Crippen LogP contribution in [-0.2, 0) is 0 Å². The summed E-state index contributed by atoms with van der Waals surface area (Å²) in [5.41, 5.74) is 6.66. The fourth-order valence-corrected chi connectivity index (χ4v) is 4.33. The van der Waals surface area contributed by atoms with Crippen LogP contribution >= 0.6 is 11.3 Å². The molecule has 1 aliphatic heterocycles. The molecule has 3 heterocycles. The van der Waals surface area contributed by atoms with Gasteiger partial charge in [-0.25, -0.2) is 0 Å². The molecule has 1 saturated carbocycles. The van der Waals surface area contributed by atoms with Crippen molar-refractivity contribution in [2.75, 3.05) is 12.3 Å². The zero-order valence-electron chi connectivity index (χ0n) is 10.4.